The van der Waals surface area contributed by atoms with Gasteiger partial charge in [-0.15, -0.1) is 0 Å². The van der Waals surface area contributed by atoms with Crippen LogP contribution in [0.5, 0.6) is 11.6 Å². The number of halogens is 2. The number of para-hydroxylation sites is 1. The predicted molar refractivity (Wildman–Crippen MR) is 75.5 cm³/mol. The zero-order chi connectivity index (χ0) is 14.7. The van der Waals surface area contributed by atoms with Crippen LogP contribution in [0.3, 0.4) is 0 Å². The maximum atomic E-state index is 13.7. The topological polar surface area (TPSA) is 34.1 Å². The first-order chi connectivity index (χ1) is 10.3. The van der Waals surface area contributed by atoms with Gasteiger partial charge in [-0.3, -0.25) is 0 Å². The molecule has 1 aromatic carbocycles. The highest BCUT2D eigenvalue weighted by Gasteiger charge is 2.21. The Balaban J connectivity index is 1.92. The highest BCUT2D eigenvalue weighted by atomic mass is 19.1. The van der Waals surface area contributed by atoms with Gasteiger partial charge >= 0.3 is 0 Å². The zero-order valence-corrected chi connectivity index (χ0v) is 11.5. The van der Waals surface area contributed by atoms with E-state index in [1.54, 1.807) is 6.20 Å². The van der Waals surface area contributed by atoms with E-state index in [0.717, 1.165) is 31.5 Å². The van der Waals surface area contributed by atoms with Gasteiger partial charge in [0.1, 0.15) is 0 Å². The molecule has 0 bridgehead atoms. The number of piperidine rings is 1. The van der Waals surface area contributed by atoms with Gasteiger partial charge in [0, 0.05) is 11.8 Å². The predicted octanol–water partition coefficient (Wildman–Crippen LogP) is 3.62. The molecule has 0 atom stereocenters. The summed E-state index contributed by atoms with van der Waals surface area (Å²) in [7, 11) is 0. The van der Waals surface area contributed by atoms with E-state index in [1.807, 2.05) is 12.1 Å². The number of rotatable bonds is 3. The average Bonchev–Trinajstić information content (AvgIpc) is 2.52. The Morgan fingerprint density at radius 2 is 1.76 bits per heavy atom. The molecule has 0 aliphatic carbocycles. The third-order valence-corrected chi connectivity index (χ3v) is 3.70. The Labute approximate surface area is 122 Å². The summed E-state index contributed by atoms with van der Waals surface area (Å²) >= 11 is 0. The van der Waals surface area contributed by atoms with Gasteiger partial charge < -0.3 is 10.1 Å². The van der Waals surface area contributed by atoms with E-state index in [-0.39, 0.29) is 5.88 Å². The number of aromatic nitrogens is 1. The third-order valence-electron chi connectivity index (χ3n) is 3.70. The summed E-state index contributed by atoms with van der Waals surface area (Å²) in [4.78, 5) is 4.16. The lowest BCUT2D eigenvalue weighted by Gasteiger charge is -2.24. The van der Waals surface area contributed by atoms with Crippen LogP contribution in [0.25, 0.3) is 0 Å². The van der Waals surface area contributed by atoms with Crippen LogP contribution < -0.4 is 10.1 Å². The van der Waals surface area contributed by atoms with Crippen LogP contribution in [-0.2, 0) is 0 Å². The van der Waals surface area contributed by atoms with Crippen molar-refractivity contribution in [3.05, 3.63) is 53.7 Å². The number of pyridine rings is 1. The monoisotopic (exact) mass is 290 g/mol. The lowest BCUT2D eigenvalue weighted by atomic mass is 9.91. The highest BCUT2D eigenvalue weighted by Crippen LogP contribution is 2.34. The molecule has 1 saturated heterocycles. The molecule has 0 radical (unpaired) electrons. The molecule has 1 N–H and O–H groups in total. The molecular formula is C16H16F2N2O. The van der Waals surface area contributed by atoms with Crippen LogP contribution in [-0.4, -0.2) is 18.1 Å². The van der Waals surface area contributed by atoms with E-state index in [9.17, 15) is 8.78 Å². The Morgan fingerprint density at radius 3 is 2.48 bits per heavy atom. The number of hydrogen-bond donors (Lipinski definition) is 1. The van der Waals surface area contributed by atoms with Crippen LogP contribution in [0.4, 0.5) is 8.78 Å². The Hall–Kier alpha value is -2.01. The SMILES string of the molecule is Fc1cccc(F)c1Oc1ncccc1C1CCNCC1. The quantitative estimate of drug-likeness (QED) is 0.937. The number of ether oxygens (including phenoxy) is 1. The van der Waals surface area contributed by atoms with Gasteiger partial charge in [-0.1, -0.05) is 12.1 Å². The maximum Gasteiger partial charge on any atom is 0.222 e. The third kappa shape index (κ3) is 3.03. The van der Waals surface area contributed by atoms with Crippen molar-refractivity contribution in [2.45, 2.75) is 18.8 Å². The van der Waals surface area contributed by atoms with Crippen molar-refractivity contribution in [3.63, 3.8) is 0 Å². The fourth-order valence-corrected chi connectivity index (χ4v) is 2.61. The van der Waals surface area contributed by atoms with E-state index >= 15 is 0 Å². The first-order valence-electron chi connectivity index (χ1n) is 7.03. The molecule has 3 nitrogen and oxygen atoms in total. The van der Waals surface area contributed by atoms with Crippen LogP contribution in [0.1, 0.15) is 24.3 Å². The number of benzene rings is 1. The van der Waals surface area contributed by atoms with Crippen molar-refractivity contribution in [2.24, 2.45) is 0 Å². The van der Waals surface area contributed by atoms with Crippen LogP contribution in [0.15, 0.2) is 36.5 Å². The van der Waals surface area contributed by atoms with E-state index < -0.39 is 17.4 Å². The van der Waals surface area contributed by atoms with Crippen molar-refractivity contribution in [1.29, 1.82) is 0 Å². The lowest BCUT2D eigenvalue weighted by Crippen LogP contribution is -2.26. The normalized spacial score (nSPS) is 15.9. The van der Waals surface area contributed by atoms with Gasteiger partial charge in [0.15, 0.2) is 11.6 Å². The summed E-state index contributed by atoms with van der Waals surface area (Å²) in [6, 6.07) is 7.39. The number of hydrogen-bond acceptors (Lipinski definition) is 3. The fourth-order valence-electron chi connectivity index (χ4n) is 2.61. The standard InChI is InChI=1S/C16H16F2N2O/c17-13-4-1-5-14(18)15(13)21-16-12(3-2-8-20-16)11-6-9-19-10-7-11/h1-5,8,11,19H,6-7,9-10H2. The lowest BCUT2D eigenvalue weighted by molar-refractivity contribution is 0.379. The molecule has 1 aliphatic heterocycles. The molecule has 110 valence electrons. The summed E-state index contributed by atoms with van der Waals surface area (Å²) < 4.78 is 32.9. The van der Waals surface area contributed by atoms with Gasteiger partial charge in [-0.25, -0.2) is 13.8 Å². The van der Waals surface area contributed by atoms with Crippen molar-refractivity contribution < 1.29 is 13.5 Å². The van der Waals surface area contributed by atoms with Crippen LogP contribution in [0, 0.1) is 11.6 Å². The molecule has 21 heavy (non-hydrogen) atoms. The molecule has 1 aromatic heterocycles. The highest BCUT2D eigenvalue weighted by molar-refractivity contribution is 5.36. The molecule has 3 rings (SSSR count). The molecule has 0 unspecified atom stereocenters. The molecule has 0 saturated carbocycles. The fraction of sp³-hybridized carbons (Fsp3) is 0.312. The minimum Gasteiger partial charge on any atom is -0.433 e. The summed E-state index contributed by atoms with van der Waals surface area (Å²) in [6.07, 6.45) is 3.49. The summed E-state index contributed by atoms with van der Waals surface area (Å²) in [6.45, 7) is 1.85. The van der Waals surface area contributed by atoms with Gasteiger partial charge in [-0.2, -0.15) is 0 Å². The Kier molecular flexibility index (Phi) is 4.10. The molecule has 1 aliphatic rings. The first kappa shape index (κ1) is 13.9. The number of nitrogens with one attached hydrogen (secondary N) is 1. The van der Waals surface area contributed by atoms with E-state index in [2.05, 4.69) is 10.3 Å². The molecule has 2 heterocycles. The second-order valence-corrected chi connectivity index (χ2v) is 5.07. The Morgan fingerprint density at radius 1 is 1.05 bits per heavy atom. The average molecular weight is 290 g/mol. The molecule has 0 amide bonds. The van der Waals surface area contributed by atoms with Gasteiger partial charge in [0.05, 0.1) is 0 Å². The van der Waals surface area contributed by atoms with E-state index in [1.165, 1.54) is 18.2 Å². The molecule has 2 aromatic rings. The van der Waals surface area contributed by atoms with Crippen molar-refractivity contribution in [1.82, 2.24) is 10.3 Å². The first-order valence-corrected chi connectivity index (χ1v) is 7.03. The zero-order valence-electron chi connectivity index (χ0n) is 11.5. The van der Waals surface area contributed by atoms with Crippen LogP contribution in [0.2, 0.25) is 0 Å². The second kappa shape index (κ2) is 6.18. The summed E-state index contributed by atoms with van der Waals surface area (Å²) in [5.74, 6) is -1.27. The summed E-state index contributed by atoms with van der Waals surface area (Å²) in [5, 5.41) is 3.29. The minimum absolute atomic E-state index is 0.286. The van der Waals surface area contributed by atoms with Gasteiger partial charge in [0.25, 0.3) is 0 Å². The minimum atomic E-state index is -0.725. The molecular weight excluding hydrogens is 274 g/mol. The van der Waals surface area contributed by atoms with Crippen molar-refractivity contribution in [2.75, 3.05) is 13.1 Å². The molecule has 5 heteroatoms. The van der Waals surface area contributed by atoms with Crippen LogP contribution >= 0.6 is 0 Å². The second-order valence-electron chi connectivity index (χ2n) is 5.07. The Bertz CT molecular complexity index is 607. The van der Waals surface area contributed by atoms with Gasteiger partial charge in [0.2, 0.25) is 11.6 Å². The maximum absolute atomic E-state index is 13.7. The van der Waals surface area contributed by atoms with E-state index in [4.69, 9.17) is 4.74 Å². The molecule has 0 spiro atoms. The largest absolute Gasteiger partial charge is 0.433 e. The molecule has 1 fully saturated rings. The van der Waals surface area contributed by atoms with Crippen molar-refractivity contribution in [3.8, 4) is 11.6 Å². The number of nitrogens with zero attached hydrogens (tertiary/aromatic N) is 1. The van der Waals surface area contributed by atoms with Gasteiger partial charge in [-0.05, 0) is 50.0 Å². The van der Waals surface area contributed by atoms with E-state index in [0.29, 0.717) is 5.92 Å². The smallest absolute Gasteiger partial charge is 0.222 e. The van der Waals surface area contributed by atoms with Crippen molar-refractivity contribution >= 4 is 0 Å². The summed E-state index contributed by atoms with van der Waals surface area (Å²) in [5.41, 5.74) is 0.904.